The van der Waals surface area contributed by atoms with Gasteiger partial charge >= 0.3 is 5.97 Å². The standard InChI is InChI=1S/C19H38N10O6S/c1-9(30)13(17(34)35)29-15(32)11(5-3-7-26-19(23)24)27-16(33)12(8-36)28-14(31)10(20)4-2-6-25-18(21)22/h9-13,30,36H,2-8,20H2,1H3,(H,27,33)(H,28,31)(H,29,32)(H,34,35)(H4,21,22,25)(H4,23,24,26). The predicted octanol–water partition coefficient (Wildman–Crippen LogP) is -4.73. The van der Waals surface area contributed by atoms with E-state index in [0.717, 1.165) is 0 Å². The zero-order valence-electron chi connectivity index (χ0n) is 20.1. The van der Waals surface area contributed by atoms with E-state index in [1.165, 1.54) is 6.92 Å². The minimum atomic E-state index is -1.60. The Morgan fingerprint density at radius 1 is 0.833 bits per heavy atom. The Labute approximate surface area is 214 Å². The van der Waals surface area contributed by atoms with Crippen LogP contribution in [0.4, 0.5) is 0 Å². The van der Waals surface area contributed by atoms with Crippen LogP contribution in [0.25, 0.3) is 0 Å². The van der Waals surface area contributed by atoms with Gasteiger partial charge in [-0.15, -0.1) is 0 Å². The van der Waals surface area contributed by atoms with E-state index in [0.29, 0.717) is 6.42 Å². The van der Waals surface area contributed by atoms with Gasteiger partial charge in [-0.05, 0) is 32.6 Å². The second-order valence-corrected chi connectivity index (χ2v) is 8.24. The number of aliphatic imine (C=N–C) groups is 2. The summed E-state index contributed by atoms with van der Waals surface area (Å²) in [6.45, 7) is 1.61. The SMILES string of the molecule is CC(O)C(NC(=O)C(CCCN=C(N)N)NC(=O)C(CS)NC(=O)C(N)CCCN=C(N)N)C(=O)O. The van der Waals surface area contributed by atoms with Crippen LogP contribution in [0, 0.1) is 0 Å². The lowest BCUT2D eigenvalue weighted by atomic mass is 10.1. The van der Waals surface area contributed by atoms with Crippen molar-refractivity contribution < 1.29 is 29.4 Å². The zero-order chi connectivity index (χ0) is 27.8. The summed E-state index contributed by atoms with van der Waals surface area (Å²) >= 11 is 4.08. The fourth-order valence-electron chi connectivity index (χ4n) is 2.81. The van der Waals surface area contributed by atoms with Gasteiger partial charge in [-0.25, -0.2) is 4.79 Å². The van der Waals surface area contributed by atoms with E-state index < -0.39 is 54.0 Å². The number of carbonyl (C=O) groups is 4. The number of aliphatic carboxylic acids is 1. The predicted molar refractivity (Wildman–Crippen MR) is 137 cm³/mol. The van der Waals surface area contributed by atoms with Gasteiger partial charge in [0.1, 0.15) is 12.1 Å². The average molecular weight is 535 g/mol. The molecule has 0 aromatic rings. The molecular weight excluding hydrogens is 496 g/mol. The fraction of sp³-hybridized carbons (Fsp3) is 0.684. The van der Waals surface area contributed by atoms with Gasteiger partial charge < -0.3 is 54.8 Å². The first kappa shape index (κ1) is 32.7. The monoisotopic (exact) mass is 534 g/mol. The molecule has 0 radical (unpaired) electrons. The Morgan fingerprint density at radius 2 is 1.31 bits per heavy atom. The molecule has 0 fully saturated rings. The van der Waals surface area contributed by atoms with E-state index >= 15 is 0 Å². The van der Waals surface area contributed by atoms with Crippen LogP contribution in [0.2, 0.25) is 0 Å². The highest BCUT2D eigenvalue weighted by molar-refractivity contribution is 7.80. The van der Waals surface area contributed by atoms with E-state index in [-0.39, 0.29) is 50.0 Å². The molecular formula is C19H38N10O6S. The van der Waals surface area contributed by atoms with Gasteiger partial charge in [-0.3, -0.25) is 24.4 Å². The molecule has 0 saturated heterocycles. The third-order valence-corrected chi connectivity index (χ3v) is 5.11. The molecule has 0 bridgehead atoms. The molecule has 0 rings (SSSR count). The van der Waals surface area contributed by atoms with E-state index in [2.05, 4.69) is 38.6 Å². The number of hydrogen-bond donors (Lipinski definition) is 11. The summed E-state index contributed by atoms with van der Waals surface area (Å²) in [6.07, 6.45) is -0.451. The molecule has 0 spiro atoms. The van der Waals surface area contributed by atoms with Crippen LogP contribution in [-0.4, -0.2) is 94.9 Å². The zero-order valence-corrected chi connectivity index (χ0v) is 21.0. The van der Waals surface area contributed by atoms with Crippen molar-refractivity contribution in [3.05, 3.63) is 0 Å². The van der Waals surface area contributed by atoms with Crippen molar-refractivity contribution in [2.75, 3.05) is 18.8 Å². The summed E-state index contributed by atoms with van der Waals surface area (Å²) in [5, 5.41) is 26.0. The van der Waals surface area contributed by atoms with Crippen LogP contribution in [0.15, 0.2) is 9.98 Å². The summed E-state index contributed by atoms with van der Waals surface area (Å²) in [4.78, 5) is 56.8. The number of carboxylic acid groups (broad SMARTS) is 1. The highest BCUT2D eigenvalue weighted by atomic mass is 32.1. The topological polar surface area (TPSA) is 300 Å². The number of aliphatic hydroxyl groups excluding tert-OH is 1. The van der Waals surface area contributed by atoms with Crippen LogP contribution in [0.3, 0.4) is 0 Å². The van der Waals surface area contributed by atoms with E-state index in [4.69, 9.17) is 28.7 Å². The third-order valence-electron chi connectivity index (χ3n) is 4.74. The van der Waals surface area contributed by atoms with Crippen molar-refractivity contribution in [3.63, 3.8) is 0 Å². The van der Waals surface area contributed by atoms with Gasteiger partial charge in [0.05, 0.1) is 12.1 Å². The van der Waals surface area contributed by atoms with Gasteiger partial charge in [0.15, 0.2) is 18.0 Å². The number of rotatable bonds is 17. The first-order valence-corrected chi connectivity index (χ1v) is 11.7. The second kappa shape index (κ2) is 17.2. The van der Waals surface area contributed by atoms with Crippen molar-refractivity contribution in [2.45, 2.75) is 62.9 Å². The summed E-state index contributed by atoms with van der Waals surface area (Å²) in [6, 6.07) is -4.92. The summed E-state index contributed by atoms with van der Waals surface area (Å²) in [7, 11) is 0. The number of guanidine groups is 2. The molecule has 0 aliphatic carbocycles. The van der Waals surface area contributed by atoms with Crippen LogP contribution in [-0.2, 0) is 19.2 Å². The van der Waals surface area contributed by atoms with Gasteiger partial charge in [0.25, 0.3) is 0 Å². The van der Waals surface area contributed by atoms with Crippen molar-refractivity contribution in [2.24, 2.45) is 38.7 Å². The van der Waals surface area contributed by atoms with Gasteiger partial charge in [0.2, 0.25) is 17.7 Å². The minimum absolute atomic E-state index is 0.0258. The van der Waals surface area contributed by atoms with Crippen LogP contribution in [0.5, 0.6) is 0 Å². The molecule has 206 valence electrons. The first-order valence-electron chi connectivity index (χ1n) is 11.1. The summed E-state index contributed by atoms with van der Waals surface area (Å²) < 4.78 is 0. The molecule has 0 aromatic carbocycles. The van der Waals surface area contributed by atoms with E-state index in [9.17, 15) is 29.4 Å². The fourth-order valence-corrected chi connectivity index (χ4v) is 3.07. The van der Waals surface area contributed by atoms with Crippen LogP contribution < -0.4 is 44.6 Å². The van der Waals surface area contributed by atoms with Crippen molar-refractivity contribution in [3.8, 4) is 0 Å². The number of carbonyl (C=O) groups excluding carboxylic acids is 3. The number of carboxylic acids is 1. The van der Waals surface area contributed by atoms with Crippen LogP contribution >= 0.6 is 12.6 Å². The minimum Gasteiger partial charge on any atom is -0.480 e. The molecule has 36 heavy (non-hydrogen) atoms. The molecule has 3 amide bonds. The maximum Gasteiger partial charge on any atom is 0.328 e. The molecule has 17 heteroatoms. The first-order chi connectivity index (χ1) is 16.8. The van der Waals surface area contributed by atoms with Crippen molar-refractivity contribution in [1.82, 2.24) is 16.0 Å². The third kappa shape index (κ3) is 13.5. The lowest BCUT2D eigenvalue weighted by Crippen LogP contribution is -2.58. The highest BCUT2D eigenvalue weighted by Crippen LogP contribution is 2.04. The molecule has 15 N–H and O–H groups in total. The molecule has 0 aliphatic heterocycles. The Kier molecular flexibility index (Phi) is 15.6. The summed E-state index contributed by atoms with van der Waals surface area (Å²) in [5.41, 5.74) is 26.9. The second-order valence-electron chi connectivity index (χ2n) is 7.87. The number of thiol groups is 1. The Balaban J connectivity index is 5.28. The number of amides is 3. The number of nitrogens with zero attached hydrogens (tertiary/aromatic N) is 2. The molecule has 0 aromatic heterocycles. The number of nitrogens with two attached hydrogens (primary N) is 5. The van der Waals surface area contributed by atoms with Gasteiger partial charge in [-0.1, -0.05) is 0 Å². The number of nitrogens with one attached hydrogen (secondary N) is 3. The Morgan fingerprint density at radius 3 is 1.75 bits per heavy atom. The molecule has 5 atom stereocenters. The highest BCUT2D eigenvalue weighted by Gasteiger charge is 2.31. The molecule has 5 unspecified atom stereocenters. The van der Waals surface area contributed by atoms with E-state index in [1.54, 1.807) is 0 Å². The van der Waals surface area contributed by atoms with Crippen molar-refractivity contribution >= 4 is 48.2 Å². The lowest BCUT2D eigenvalue weighted by molar-refractivity contribution is -0.145. The smallest absolute Gasteiger partial charge is 0.328 e. The summed E-state index contributed by atoms with van der Waals surface area (Å²) in [5.74, 6) is -4.06. The Bertz CT molecular complexity index is 802. The molecule has 0 heterocycles. The van der Waals surface area contributed by atoms with E-state index in [1.807, 2.05) is 0 Å². The van der Waals surface area contributed by atoms with Crippen LogP contribution in [0.1, 0.15) is 32.6 Å². The average Bonchev–Trinajstić information content (AvgIpc) is 2.78. The van der Waals surface area contributed by atoms with Gasteiger partial charge in [0, 0.05) is 18.8 Å². The number of hydrogen-bond acceptors (Lipinski definition) is 9. The maximum atomic E-state index is 12.8. The largest absolute Gasteiger partial charge is 0.480 e. The molecule has 16 nitrogen and oxygen atoms in total. The Hall–Kier alpha value is -3.31. The molecule has 0 aliphatic rings. The van der Waals surface area contributed by atoms with Crippen molar-refractivity contribution in [1.29, 1.82) is 0 Å². The number of aliphatic hydroxyl groups is 1. The quantitative estimate of drug-likeness (QED) is 0.0364. The maximum absolute atomic E-state index is 12.8. The normalized spacial score (nSPS) is 14.8. The molecule has 0 saturated carbocycles. The lowest BCUT2D eigenvalue weighted by Gasteiger charge is -2.25. The van der Waals surface area contributed by atoms with Gasteiger partial charge in [-0.2, -0.15) is 12.6 Å².